The molecule has 0 saturated heterocycles. The van der Waals surface area contributed by atoms with Gasteiger partial charge in [-0.25, -0.2) is 4.79 Å². The molecule has 1 aromatic heterocycles. The van der Waals surface area contributed by atoms with Gasteiger partial charge in [0.1, 0.15) is 5.00 Å². The average Bonchev–Trinajstić information content (AvgIpc) is 2.89. The number of nitrogens with zero attached hydrogens (tertiary/aromatic N) is 1. The first-order valence-electron chi connectivity index (χ1n) is 7.58. The van der Waals surface area contributed by atoms with E-state index in [0.29, 0.717) is 21.0 Å². The summed E-state index contributed by atoms with van der Waals surface area (Å²) in [5.41, 5.74) is 2.03. The summed E-state index contributed by atoms with van der Waals surface area (Å²) in [6.07, 6.45) is 0. The maximum atomic E-state index is 12.6. The third-order valence-corrected chi connectivity index (χ3v) is 4.95. The minimum atomic E-state index is -0.591. The third-order valence-electron chi connectivity index (χ3n) is 3.75. The fraction of sp³-hybridized carbons (Fsp3) is 0.278. The molecular formula is C18H20N2O4S. The lowest BCUT2D eigenvalue weighted by Gasteiger charge is -2.08. The fourth-order valence-electron chi connectivity index (χ4n) is 2.35. The van der Waals surface area contributed by atoms with Gasteiger partial charge in [-0.05, 0) is 31.0 Å². The second-order valence-corrected chi connectivity index (χ2v) is 6.74. The molecule has 1 heterocycles. The van der Waals surface area contributed by atoms with Crippen molar-refractivity contribution in [1.82, 2.24) is 4.90 Å². The standard InChI is InChI=1S/C18H20N2O4S/c1-10-8-6-7-9-12(10)15(21)19-16-13(18(23)24-5)11(2)14(25-16)17(22)20(3)4/h6-9H,1-5H3,(H,19,21). The first kappa shape index (κ1) is 18.7. The Morgan fingerprint density at radius 2 is 1.76 bits per heavy atom. The normalized spacial score (nSPS) is 10.3. The van der Waals surface area contributed by atoms with Crippen LogP contribution in [0.5, 0.6) is 0 Å². The van der Waals surface area contributed by atoms with Gasteiger partial charge < -0.3 is 15.0 Å². The SMILES string of the molecule is COC(=O)c1c(NC(=O)c2ccccc2C)sc(C(=O)N(C)C)c1C. The van der Waals surface area contributed by atoms with Crippen LogP contribution in [-0.2, 0) is 4.74 Å². The molecular weight excluding hydrogens is 340 g/mol. The smallest absolute Gasteiger partial charge is 0.341 e. The van der Waals surface area contributed by atoms with E-state index in [-0.39, 0.29) is 17.4 Å². The van der Waals surface area contributed by atoms with Crippen molar-refractivity contribution in [3.63, 3.8) is 0 Å². The molecule has 0 aliphatic rings. The third kappa shape index (κ3) is 3.71. The first-order valence-corrected chi connectivity index (χ1v) is 8.39. The van der Waals surface area contributed by atoms with Gasteiger partial charge in [0.25, 0.3) is 11.8 Å². The molecule has 6 nitrogen and oxygen atoms in total. The summed E-state index contributed by atoms with van der Waals surface area (Å²) >= 11 is 1.07. The van der Waals surface area contributed by atoms with E-state index in [1.165, 1.54) is 12.0 Å². The van der Waals surface area contributed by atoms with Crippen LogP contribution in [0.3, 0.4) is 0 Å². The second-order valence-electron chi connectivity index (χ2n) is 5.72. The van der Waals surface area contributed by atoms with E-state index in [4.69, 9.17) is 4.74 Å². The Morgan fingerprint density at radius 3 is 2.32 bits per heavy atom. The summed E-state index contributed by atoms with van der Waals surface area (Å²) in [6, 6.07) is 7.14. The van der Waals surface area contributed by atoms with Crippen LogP contribution in [-0.4, -0.2) is 43.9 Å². The number of aryl methyl sites for hydroxylation is 1. The van der Waals surface area contributed by atoms with Gasteiger partial charge in [0.15, 0.2) is 0 Å². The molecule has 0 spiro atoms. The molecule has 1 N–H and O–H groups in total. The Balaban J connectivity index is 2.47. The minimum absolute atomic E-state index is 0.208. The summed E-state index contributed by atoms with van der Waals surface area (Å²) in [5, 5.41) is 3.05. The van der Waals surface area contributed by atoms with E-state index in [1.807, 2.05) is 19.1 Å². The molecule has 2 amide bonds. The highest BCUT2D eigenvalue weighted by Gasteiger charge is 2.27. The lowest BCUT2D eigenvalue weighted by Crippen LogP contribution is -2.21. The zero-order valence-corrected chi connectivity index (χ0v) is 15.6. The van der Waals surface area contributed by atoms with E-state index < -0.39 is 5.97 Å². The van der Waals surface area contributed by atoms with Crippen LogP contribution < -0.4 is 5.32 Å². The van der Waals surface area contributed by atoms with Crippen molar-refractivity contribution in [1.29, 1.82) is 0 Å². The molecule has 2 rings (SSSR count). The lowest BCUT2D eigenvalue weighted by atomic mass is 10.1. The number of ether oxygens (including phenoxy) is 1. The number of esters is 1. The lowest BCUT2D eigenvalue weighted by molar-refractivity contribution is 0.0601. The van der Waals surface area contributed by atoms with Gasteiger partial charge in [0.2, 0.25) is 0 Å². The second kappa shape index (κ2) is 7.48. The molecule has 0 radical (unpaired) electrons. The molecule has 0 aliphatic carbocycles. The number of nitrogens with one attached hydrogen (secondary N) is 1. The van der Waals surface area contributed by atoms with Crippen LogP contribution in [0.25, 0.3) is 0 Å². The van der Waals surface area contributed by atoms with E-state index >= 15 is 0 Å². The number of hydrogen-bond donors (Lipinski definition) is 1. The largest absolute Gasteiger partial charge is 0.465 e. The van der Waals surface area contributed by atoms with Crippen LogP contribution in [0.2, 0.25) is 0 Å². The maximum absolute atomic E-state index is 12.6. The number of methoxy groups -OCH3 is 1. The minimum Gasteiger partial charge on any atom is -0.465 e. The van der Waals surface area contributed by atoms with Gasteiger partial charge in [0, 0.05) is 19.7 Å². The van der Waals surface area contributed by atoms with Gasteiger partial charge in [-0.1, -0.05) is 18.2 Å². The van der Waals surface area contributed by atoms with Crippen molar-refractivity contribution in [2.24, 2.45) is 0 Å². The highest BCUT2D eigenvalue weighted by molar-refractivity contribution is 7.18. The maximum Gasteiger partial charge on any atom is 0.341 e. The van der Waals surface area contributed by atoms with Crippen LogP contribution >= 0.6 is 11.3 Å². The number of amides is 2. The molecule has 2 aromatic rings. The zero-order valence-electron chi connectivity index (χ0n) is 14.8. The number of carbonyl (C=O) groups is 3. The number of thiophene rings is 1. The van der Waals surface area contributed by atoms with Crippen LogP contribution in [0.1, 0.15) is 41.5 Å². The van der Waals surface area contributed by atoms with E-state index in [9.17, 15) is 14.4 Å². The highest BCUT2D eigenvalue weighted by atomic mass is 32.1. The van der Waals surface area contributed by atoms with Crippen molar-refractivity contribution in [2.45, 2.75) is 13.8 Å². The van der Waals surface area contributed by atoms with E-state index in [1.54, 1.807) is 33.2 Å². The topological polar surface area (TPSA) is 75.7 Å². The highest BCUT2D eigenvalue weighted by Crippen LogP contribution is 2.34. The number of anilines is 1. The monoisotopic (exact) mass is 360 g/mol. The Morgan fingerprint density at radius 1 is 1.12 bits per heavy atom. The molecule has 7 heteroatoms. The Bertz CT molecular complexity index is 840. The zero-order chi connectivity index (χ0) is 18.7. The van der Waals surface area contributed by atoms with Crippen molar-refractivity contribution in [3.05, 3.63) is 51.4 Å². The summed E-state index contributed by atoms with van der Waals surface area (Å²) in [7, 11) is 4.52. The van der Waals surface area contributed by atoms with Crippen LogP contribution in [0, 0.1) is 13.8 Å². The predicted molar refractivity (Wildman–Crippen MR) is 97.5 cm³/mol. The Labute approximate surface area is 150 Å². The number of carbonyl (C=O) groups excluding carboxylic acids is 3. The van der Waals surface area contributed by atoms with Crippen LogP contribution in [0.15, 0.2) is 24.3 Å². The van der Waals surface area contributed by atoms with Gasteiger partial charge >= 0.3 is 5.97 Å². The Kier molecular flexibility index (Phi) is 5.58. The molecule has 132 valence electrons. The molecule has 0 unspecified atom stereocenters. The molecule has 1 aromatic carbocycles. The summed E-state index contributed by atoms with van der Waals surface area (Å²) in [4.78, 5) is 38.9. The molecule has 0 atom stereocenters. The van der Waals surface area contributed by atoms with Gasteiger partial charge in [-0.15, -0.1) is 11.3 Å². The quantitative estimate of drug-likeness (QED) is 0.850. The molecule has 0 fully saturated rings. The predicted octanol–water partition coefficient (Wildman–Crippen LogP) is 3.11. The average molecular weight is 360 g/mol. The fourth-order valence-corrected chi connectivity index (χ4v) is 3.57. The Hall–Kier alpha value is -2.67. The molecule has 25 heavy (non-hydrogen) atoms. The number of benzene rings is 1. The van der Waals surface area contributed by atoms with Gasteiger partial charge in [-0.2, -0.15) is 0 Å². The summed E-state index contributed by atoms with van der Waals surface area (Å²) < 4.78 is 4.81. The van der Waals surface area contributed by atoms with Crippen molar-refractivity contribution in [3.8, 4) is 0 Å². The van der Waals surface area contributed by atoms with Crippen molar-refractivity contribution < 1.29 is 19.1 Å². The first-order chi connectivity index (χ1) is 11.8. The molecule has 0 aliphatic heterocycles. The number of rotatable bonds is 4. The molecule has 0 saturated carbocycles. The summed E-state index contributed by atoms with van der Waals surface area (Å²) in [5.74, 6) is -1.16. The van der Waals surface area contributed by atoms with Crippen LogP contribution in [0.4, 0.5) is 5.00 Å². The van der Waals surface area contributed by atoms with Gasteiger partial charge in [-0.3, -0.25) is 9.59 Å². The summed E-state index contributed by atoms with van der Waals surface area (Å²) in [6.45, 7) is 3.50. The van der Waals surface area contributed by atoms with E-state index in [2.05, 4.69) is 5.32 Å². The van der Waals surface area contributed by atoms with E-state index in [0.717, 1.165) is 16.9 Å². The number of hydrogen-bond acceptors (Lipinski definition) is 5. The molecule has 0 bridgehead atoms. The van der Waals surface area contributed by atoms with Gasteiger partial charge in [0.05, 0.1) is 17.6 Å². The van der Waals surface area contributed by atoms with Crippen molar-refractivity contribution >= 4 is 34.1 Å². The van der Waals surface area contributed by atoms with Crippen molar-refractivity contribution in [2.75, 3.05) is 26.5 Å².